The number of aryl methyl sites for hydroxylation is 2. The van der Waals surface area contributed by atoms with Crippen molar-refractivity contribution in [3.8, 4) is 0 Å². The van der Waals surface area contributed by atoms with E-state index in [4.69, 9.17) is 4.74 Å². The lowest BCUT2D eigenvalue weighted by atomic mass is 10.1. The topological polar surface area (TPSA) is 87.7 Å². The summed E-state index contributed by atoms with van der Waals surface area (Å²) in [5, 5.41) is 2.81. The van der Waals surface area contributed by atoms with Crippen LogP contribution in [0.3, 0.4) is 0 Å². The SMILES string of the molecule is CCN(CC)c1ccc(NC(=O)OC(C)c2ccc(NS(=O)(=O)c3ccc(C)cc3)cc2)c(C)c1. The summed E-state index contributed by atoms with van der Waals surface area (Å²) in [6, 6.07) is 19.3. The molecule has 0 aliphatic carbocycles. The van der Waals surface area contributed by atoms with E-state index in [0.717, 1.165) is 35.5 Å². The molecule has 3 aromatic carbocycles. The molecule has 186 valence electrons. The second-order valence-corrected chi connectivity index (χ2v) is 10.1. The number of carbonyl (C=O) groups is 1. The van der Waals surface area contributed by atoms with Crippen LogP contribution in [0, 0.1) is 13.8 Å². The first-order valence-electron chi connectivity index (χ1n) is 11.7. The maximum atomic E-state index is 12.6. The van der Waals surface area contributed by atoms with Gasteiger partial charge in [-0.1, -0.05) is 29.8 Å². The Kier molecular flexibility index (Phi) is 8.40. The molecule has 0 bridgehead atoms. The molecule has 8 heteroatoms. The molecular weight excluding hydrogens is 462 g/mol. The molecule has 0 fully saturated rings. The fourth-order valence-corrected chi connectivity index (χ4v) is 4.75. The van der Waals surface area contributed by atoms with Gasteiger partial charge in [-0.05, 0) is 88.2 Å². The largest absolute Gasteiger partial charge is 0.441 e. The van der Waals surface area contributed by atoms with E-state index in [9.17, 15) is 13.2 Å². The lowest BCUT2D eigenvalue weighted by molar-refractivity contribution is 0.121. The van der Waals surface area contributed by atoms with Crippen LogP contribution in [0.1, 0.15) is 43.6 Å². The standard InChI is InChI=1S/C27H33N3O4S/c1-6-30(7-2)24-14-17-26(20(4)18-24)28-27(31)34-21(5)22-10-12-23(13-11-22)29-35(32,33)25-15-8-19(3)9-16-25/h8-18,21,29H,6-7H2,1-5H3,(H,28,31). The molecule has 0 aromatic heterocycles. The number of nitrogens with one attached hydrogen (secondary N) is 2. The van der Waals surface area contributed by atoms with Crippen LogP contribution in [0.4, 0.5) is 21.9 Å². The van der Waals surface area contributed by atoms with Crippen molar-refractivity contribution in [1.29, 1.82) is 0 Å². The molecule has 35 heavy (non-hydrogen) atoms. The van der Waals surface area contributed by atoms with Crippen molar-refractivity contribution in [2.75, 3.05) is 28.0 Å². The van der Waals surface area contributed by atoms with E-state index in [0.29, 0.717) is 11.4 Å². The highest BCUT2D eigenvalue weighted by atomic mass is 32.2. The number of amides is 1. The van der Waals surface area contributed by atoms with Gasteiger partial charge in [0.25, 0.3) is 10.0 Å². The Morgan fingerprint density at radius 3 is 2.14 bits per heavy atom. The molecule has 0 radical (unpaired) electrons. The molecule has 0 aliphatic heterocycles. The molecule has 0 heterocycles. The molecular formula is C27H33N3O4S. The monoisotopic (exact) mass is 495 g/mol. The maximum absolute atomic E-state index is 12.6. The van der Waals surface area contributed by atoms with Gasteiger partial charge in [0, 0.05) is 30.2 Å². The van der Waals surface area contributed by atoms with Crippen LogP contribution in [-0.4, -0.2) is 27.6 Å². The van der Waals surface area contributed by atoms with Gasteiger partial charge in [-0.15, -0.1) is 0 Å². The third kappa shape index (κ3) is 6.76. The maximum Gasteiger partial charge on any atom is 0.412 e. The van der Waals surface area contributed by atoms with E-state index in [2.05, 4.69) is 28.8 Å². The van der Waals surface area contributed by atoms with Gasteiger partial charge in [0.2, 0.25) is 0 Å². The zero-order valence-electron chi connectivity index (χ0n) is 20.8. The van der Waals surface area contributed by atoms with Crippen LogP contribution < -0.4 is 14.9 Å². The highest BCUT2D eigenvalue weighted by Gasteiger charge is 2.16. The summed E-state index contributed by atoms with van der Waals surface area (Å²) in [6.45, 7) is 11.6. The van der Waals surface area contributed by atoms with Crippen LogP contribution in [0.15, 0.2) is 71.6 Å². The lowest BCUT2D eigenvalue weighted by Gasteiger charge is -2.22. The number of rotatable bonds is 9. The number of hydrogen-bond acceptors (Lipinski definition) is 5. The summed E-state index contributed by atoms with van der Waals surface area (Å²) in [6.07, 6.45) is -1.08. The van der Waals surface area contributed by atoms with Gasteiger partial charge >= 0.3 is 6.09 Å². The molecule has 0 aliphatic rings. The fraction of sp³-hybridized carbons (Fsp3) is 0.296. The van der Waals surface area contributed by atoms with Crippen molar-refractivity contribution in [1.82, 2.24) is 0 Å². The lowest BCUT2D eigenvalue weighted by Crippen LogP contribution is -2.22. The number of nitrogens with zero attached hydrogens (tertiary/aromatic N) is 1. The molecule has 7 nitrogen and oxygen atoms in total. The van der Waals surface area contributed by atoms with Crippen LogP contribution in [0.25, 0.3) is 0 Å². The van der Waals surface area contributed by atoms with E-state index in [1.165, 1.54) is 0 Å². The smallest absolute Gasteiger partial charge is 0.412 e. The van der Waals surface area contributed by atoms with Crippen molar-refractivity contribution < 1.29 is 17.9 Å². The second kappa shape index (κ2) is 11.3. The van der Waals surface area contributed by atoms with Gasteiger partial charge in [0.05, 0.1) is 4.90 Å². The number of carbonyl (C=O) groups excluding carboxylic acids is 1. The third-order valence-electron chi connectivity index (χ3n) is 5.82. The Morgan fingerprint density at radius 1 is 0.943 bits per heavy atom. The summed E-state index contributed by atoms with van der Waals surface area (Å²) >= 11 is 0. The average molecular weight is 496 g/mol. The Labute approximate surface area is 208 Å². The zero-order valence-corrected chi connectivity index (χ0v) is 21.6. The van der Waals surface area contributed by atoms with E-state index in [1.54, 1.807) is 55.5 Å². The van der Waals surface area contributed by atoms with Gasteiger partial charge < -0.3 is 9.64 Å². The quantitative estimate of drug-likeness (QED) is 0.366. The van der Waals surface area contributed by atoms with Crippen molar-refractivity contribution in [3.05, 3.63) is 83.4 Å². The van der Waals surface area contributed by atoms with Gasteiger partial charge in [-0.3, -0.25) is 10.0 Å². The molecule has 1 atom stereocenters. The van der Waals surface area contributed by atoms with Crippen molar-refractivity contribution in [2.24, 2.45) is 0 Å². The molecule has 1 unspecified atom stereocenters. The minimum atomic E-state index is -3.68. The first-order valence-corrected chi connectivity index (χ1v) is 13.1. The number of ether oxygens (including phenoxy) is 1. The Balaban J connectivity index is 1.60. The summed E-state index contributed by atoms with van der Waals surface area (Å²) in [7, 11) is -3.68. The zero-order chi connectivity index (χ0) is 25.6. The van der Waals surface area contributed by atoms with E-state index >= 15 is 0 Å². The van der Waals surface area contributed by atoms with Gasteiger partial charge in [-0.25, -0.2) is 13.2 Å². The van der Waals surface area contributed by atoms with Crippen LogP contribution in [0.2, 0.25) is 0 Å². The van der Waals surface area contributed by atoms with E-state index < -0.39 is 22.2 Å². The van der Waals surface area contributed by atoms with Crippen molar-refractivity contribution in [3.63, 3.8) is 0 Å². The van der Waals surface area contributed by atoms with Crippen LogP contribution >= 0.6 is 0 Å². The minimum Gasteiger partial charge on any atom is -0.441 e. The fourth-order valence-electron chi connectivity index (χ4n) is 3.70. The first-order chi connectivity index (χ1) is 16.6. The Hall–Kier alpha value is -3.52. The summed E-state index contributed by atoms with van der Waals surface area (Å²) in [4.78, 5) is 14.9. The Morgan fingerprint density at radius 2 is 1.57 bits per heavy atom. The average Bonchev–Trinajstić information content (AvgIpc) is 2.82. The number of anilines is 3. The van der Waals surface area contributed by atoms with Crippen LogP contribution in [-0.2, 0) is 14.8 Å². The minimum absolute atomic E-state index is 0.195. The molecule has 3 aromatic rings. The highest BCUT2D eigenvalue weighted by Crippen LogP contribution is 2.25. The number of benzene rings is 3. The third-order valence-corrected chi connectivity index (χ3v) is 7.22. The normalized spacial score (nSPS) is 12.0. The molecule has 3 rings (SSSR count). The van der Waals surface area contributed by atoms with Gasteiger partial charge in [-0.2, -0.15) is 0 Å². The Bertz CT molecular complexity index is 1250. The summed E-state index contributed by atoms with van der Waals surface area (Å²) < 4.78 is 33.3. The predicted octanol–water partition coefficient (Wildman–Crippen LogP) is 6.26. The van der Waals surface area contributed by atoms with Crippen molar-refractivity contribution in [2.45, 2.75) is 45.6 Å². The molecule has 0 saturated heterocycles. The molecule has 2 N–H and O–H groups in total. The summed E-state index contributed by atoms with van der Waals surface area (Å²) in [5.74, 6) is 0. The number of hydrogen-bond donors (Lipinski definition) is 2. The predicted molar refractivity (Wildman–Crippen MR) is 142 cm³/mol. The van der Waals surface area contributed by atoms with E-state index in [-0.39, 0.29) is 4.90 Å². The van der Waals surface area contributed by atoms with Gasteiger partial charge in [0.15, 0.2) is 0 Å². The van der Waals surface area contributed by atoms with E-state index in [1.807, 2.05) is 32.0 Å². The summed E-state index contributed by atoms with van der Waals surface area (Å²) in [5.41, 5.74) is 4.90. The second-order valence-electron chi connectivity index (χ2n) is 8.38. The first kappa shape index (κ1) is 26.1. The molecule has 0 saturated carbocycles. The van der Waals surface area contributed by atoms with Crippen molar-refractivity contribution >= 4 is 33.2 Å². The highest BCUT2D eigenvalue weighted by molar-refractivity contribution is 7.92. The van der Waals surface area contributed by atoms with Crippen LogP contribution in [0.5, 0.6) is 0 Å². The number of sulfonamides is 1. The van der Waals surface area contributed by atoms with Gasteiger partial charge in [0.1, 0.15) is 6.10 Å². The molecule has 1 amide bonds. The molecule has 0 spiro atoms.